The van der Waals surface area contributed by atoms with Gasteiger partial charge in [0.05, 0.1) is 17.1 Å². The molecule has 0 radical (unpaired) electrons. The van der Waals surface area contributed by atoms with E-state index in [1.165, 1.54) is 33.5 Å². The van der Waals surface area contributed by atoms with E-state index in [-0.39, 0.29) is 0 Å². The molecule has 1 aliphatic carbocycles. The van der Waals surface area contributed by atoms with Gasteiger partial charge >= 0.3 is 0 Å². The monoisotopic (exact) mass is 322 g/mol. The van der Waals surface area contributed by atoms with E-state index in [1.807, 2.05) is 0 Å². The van der Waals surface area contributed by atoms with Crippen LogP contribution in [0, 0.1) is 6.92 Å². The van der Waals surface area contributed by atoms with Crippen LogP contribution in [0.1, 0.15) is 16.7 Å². The average molecular weight is 322 g/mol. The summed E-state index contributed by atoms with van der Waals surface area (Å²) in [5.41, 5.74) is 9.88. The Bertz CT molecular complexity index is 1060. The number of benzene rings is 3. The van der Waals surface area contributed by atoms with E-state index in [4.69, 9.17) is 5.10 Å². The first-order valence-corrected chi connectivity index (χ1v) is 8.64. The lowest BCUT2D eigenvalue weighted by molar-refractivity contribution is 0.891. The molecule has 2 heteroatoms. The molecular weight excluding hydrogens is 304 g/mol. The first kappa shape index (κ1) is 14.2. The minimum atomic E-state index is 0.946. The smallest absolute Gasteiger partial charge is 0.0969 e. The normalized spacial score (nSPS) is 12.0. The minimum absolute atomic E-state index is 0.946. The van der Waals surface area contributed by atoms with E-state index >= 15 is 0 Å². The molecule has 0 bridgehead atoms. The van der Waals surface area contributed by atoms with Crippen LogP contribution in [0.15, 0.2) is 78.9 Å². The second-order valence-corrected chi connectivity index (χ2v) is 6.62. The topological polar surface area (TPSA) is 17.8 Å². The van der Waals surface area contributed by atoms with Crippen LogP contribution in [0.2, 0.25) is 0 Å². The zero-order chi connectivity index (χ0) is 16.8. The van der Waals surface area contributed by atoms with Gasteiger partial charge in [-0.15, -0.1) is 0 Å². The van der Waals surface area contributed by atoms with Gasteiger partial charge in [0.2, 0.25) is 0 Å². The van der Waals surface area contributed by atoms with Crippen LogP contribution >= 0.6 is 0 Å². The third-order valence-corrected chi connectivity index (χ3v) is 4.95. The van der Waals surface area contributed by atoms with Gasteiger partial charge in [-0.3, -0.25) is 0 Å². The second kappa shape index (κ2) is 5.45. The molecule has 5 rings (SSSR count). The second-order valence-electron chi connectivity index (χ2n) is 6.62. The number of hydrogen-bond donors (Lipinski definition) is 0. The summed E-state index contributed by atoms with van der Waals surface area (Å²) >= 11 is 0. The van der Waals surface area contributed by atoms with Crippen LogP contribution in [-0.2, 0) is 6.42 Å². The highest BCUT2D eigenvalue weighted by molar-refractivity contribution is 5.82. The van der Waals surface area contributed by atoms with Crippen LogP contribution in [0.3, 0.4) is 0 Å². The van der Waals surface area contributed by atoms with Crippen molar-refractivity contribution < 1.29 is 0 Å². The van der Waals surface area contributed by atoms with Crippen molar-refractivity contribution in [3.05, 3.63) is 95.6 Å². The molecule has 0 N–H and O–H groups in total. The van der Waals surface area contributed by atoms with Gasteiger partial charge in [0.1, 0.15) is 0 Å². The third-order valence-electron chi connectivity index (χ3n) is 4.95. The van der Waals surface area contributed by atoms with E-state index in [1.54, 1.807) is 0 Å². The molecule has 1 heterocycles. The predicted octanol–water partition coefficient (Wildman–Crippen LogP) is 5.42. The molecule has 0 atom stereocenters. The summed E-state index contributed by atoms with van der Waals surface area (Å²) in [6.07, 6.45) is 0.946. The maximum absolute atomic E-state index is 5.02. The van der Waals surface area contributed by atoms with E-state index in [9.17, 15) is 0 Å². The number of fused-ring (bicyclic) bond motifs is 3. The molecule has 0 amide bonds. The number of rotatable bonds is 2. The van der Waals surface area contributed by atoms with E-state index < -0.39 is 0 Å². The van der Waals surface area contributed by atoms with Crippen molar-refractivity contribution in [2.75, 3.05) is 0 Å². The summed E-state index contributed by atoms with van der Waals surface area (Å²) in [5, 5.41) is 5.02. The summed E-state index contributed by atoms with van der Waals surface area (Å²) in [5.74, 6) is 0. The maximum Gasteiger partial charge on any atom is 0.0969 e. The summed E-state index contributed by atoms with van der Waals surface area (Å²) < 4.78 is 2.11. The SMILES string of the molecule is Cc1ccc(-n2nc(-c3ccccc3)c3c2-c2ccccc2C3)cc1. The van der Waals surface area contributed by atoms with Gasteiger partial charge in [0, 0.05) is 23.1 Å². The Morgan fingerprint density at radius 1 is 0.800 bits per heavy atom. The average Bonchev–Trinajstić information content (AvgIpc) is 3.20. The number of nitrogens with zero attached hydrogens (tertiary/aromatic N) is 2. The molecule has 25 heavy (non-hydrogen) atoms. The number of aryl methyl sites for hydroxylation is 1. The van der Waals surface area contributed by atoms with Crippen molar-refractivity contribution in [1.82, 2.24) is 9.78 Å². The van der Waals surface area contributed by atoms with Crippen molar-refractivity contribution in [2.24, 2.45) is 0 Å². The van der Waals surface area contributed by atoms with Crippen molar-refractivity contribution in [2.45, 2.75) is 13.3 Å². The Labute approximate surface area is 147 Å². The minimum Gasteiger partial charge on any atom is -0.232 e. The molecule has 1 aliphatic rings. The number of hydrogen-bond acceptors (Lipinski definition) is 1. The highest BCUT2D eigenvalue weighted by Gasteiger charge is 2.28. The fourth-order valence-corrected chi connectivity index (χ4v) is 3.69. The molecule has 0 fully saturated rings. The molecule has 0 unspecified atom stereocenters. The molecule has 0 spiro atoms. The first-order chi connectivity index (χ1) is 12.3. The first-order valence-electron chi connectivity index (χ1n) is 8.64. The van der Waals surface area contributed by atoms with E-state index in [0.717, 1.165) is 17.8 Å². The number of aromatic nitrogens is 2. The van der Waals surface area contributed by atoms with Gasteiger partial charge in [-0.2, -0.15) is 5.10 Å². The van der Waals surface area contributed by atoms with Gasteiger partial charge in [0.15, 0.2) is 0 Å². The quantitative estimate of drug-likeness (QED) is 0.424. The van der Waals surface area contributed by atoms with Crippen molar-refractivity contribution >= 4 is 0 Å². The molecule has 120 valence electrons. The van der Waals surface area contributed by atoms with Crippen molar-refractivity contribution in [3.8, 4) is 28.2 Å². The molecule has 0 aliphatic heterocycles. The fourth-order valence-electron chi connectivity index (χ4n) is 3.69. The van der Waals surface area contributed by atoms with Gasteiger partial charge in [0.25, 0.3) is 0 Å². The van der Waals surface area contributed by atoms with Crippen LogP contribution in [0.25, 0.3) is 28.2 Å². The Morgan fingerprint density at radius 2 is 1.52 bits per heavy atom. The summed E-state index contributed by atoms with van der Waals surface area (Å²) in [4.78, 5) is 0. The highest BCUT2D eigenvalue weighted by Crippen LogP contribution is 2.42. The molecule has 3 aromatic carbocycles. The molecular formula is C23H18N2. The maximum atomic E-state index is 5.02. The summed E-state index contributed by atoms with van der Waals surface area (Å²) in [7, 11) is 0. The Hall–Kier alpha value is -3.13. The lowest BCUT2D eigenvalue weighted by atomic mass is 10.1. The third kappa shape index (κ3) is 2.22. The highest BCUT2D eigenvalue weighted by atomic mass is 15.3. The summed E-state index contributed by atoms with van der Waals surface area (Å²) in [6, 6.07) is 27.8. The Balaban J connectivity index is 1.79. The predicted molar refractivity (Wildman–Crippen MR) is 102 cm³/mol. The van der Waals surface area contributed by atoms with Gasteiger partial charge in [-0.25, -0.2) is 4.68 Å². The molecule has 0 saturated carbocycles. The zero-order valence-electron chi connectivity index (χ0n) is 14.1. The Kier molecular flexibility index (Phi) is 3.10. The van der Waals surface area contributed by atoms with Gasteiger partial charge < -0.3 is 0 Å². The van der Waals surface area contributed by atoms with Crippen LogP contribution in [-0.4, -0.2) is 9.78 Å². The zero-order valence-corrected chi connectivity index (χ0v) is 14.1. The fraction of sp³-hybridized carbons (Fsp3) is 0.0870. The molecule has 4 aromatic rings. The van der Waals surface area contributed by atoms with E-state index in [2.05, 4.69) is 90.5 Å². The summed E-state index contributed by atoms with van der Waals surface area (Å²) in [6.45, 7) is 2.11. The standard InChI is InChI=1S/C23H18N2/c1-16-11-13-19(14-12-16)25-23-20-10-6-5-9-18(20)15-21(23)22(24-25)17-7-3-2-4-8-17/h2-14H,15H2,1H3. The lowest BCUT2D eigenvalue weighted by Gasteiger charge is -2.08. The van der Waals surface area contributed by atoms with Crippen LogP contribution in [0.4, 0.5) is 0 Å². The van der Waals surface area contributed by atoms with Crippen molar-refractivity contribution in [3.63, 3.8) is 0 Å². The molecule has 0 saturated heterocycles. The van der Waals surface area contributed by atoms with Crippen molar-refractivity contribution in [1.29, 1.82) is 0 Å². The van der Waals surface area contributed by atoms with Gasteiger partial charge in [-0.05, 0) is 24.6 Å². The van der Waals surface area contributed by atoms with Crippen LogP contribution < -0.4 is 0 Å². The van der Waals surface area contributed by atoms with E-state index in [0.29, 0.717) is 0 Å². The Morgan fingerprint density at radius 3 is 2.32 bits per heavy atom. The largest absolute Gasteiger partial charge is 0.232 e. The van der Waals surface area contributed by atoms with Gasteiger partial charge in [-0.1, -0.05) is 72.3 Å². The molecule has 1 aromatic heterocycles. The lowest BCUT2D eigenvalue weighted by Crippen LogP contribution is -1.99. The molecule has 2 nitrogen and oxygen atoms in total. The van der Waals surface area contributed by atoms with Crippen LogP contribution in [0.5, 0.6) is 0 Å².